The third kappa shape index (κ3) is 8.87. The zero-order valence-electron chi connectivity index (χ0n) is 1.59. The molecule has 0 heterocycles. The second-order valence-corrected chi connectivity index (χ2v) is 0. The largest absolute Gasteiger partial charge is 0 e. The fraction of sp³-hybridized carbons (Fsp3) is 0. The minimum Gasteiger partial charge on any atom is 0 e. The molecule has 0 saturated carbocycles. The van der Waals surface area contributed by atoms with Gasteiger partial charge in [0.1, 0.15) is 0 Å². The monoisotopic (exact) mass is 271 g/mol. The van der Waals surface area contributed by atoms with Crippen molar-refractivity contribution in [1.82, 2.24) is 0 Å². The molecule has 0 aliphatic rings. The van der Waals surface area contributed by atoms with Crippen LogP contribution >= 0.6 is 13.5 Å². The van der Waals surface area contributed by atoms with Gasteiger partial charge in [-0.05, 0) is 0 Å². The normalized spacial score (nSPS) is 0. The molecule has 0 aliphatic heterocycles. The average Bonchev–Trinajstić information content (AvgIpc) is 0. The molecule has 7 radical (unpaired) electrons. The summed E-state index contributed by atoms with van der Waals surface area (Å²) in [6, 6.07) is 0. The second-order valence-electron chi connectivity index (χ2n) is 0. The summed E-state index contributed by atoms with van der Waals surface area (Å²) in [7, 11) is 0. The first-order chi connectivity index (χ1) is 0. The molecule has 0 aromatic heterocycles. The molecule has 0 aromatic rings. The molecule has 0 atom stereocenters. The predicted octanol–water partition coefficient (Wildman–Crippen LogP) is 0.262. The van der Waals surface area contributed by atoms with Gasteiger partial charge in [-0.1, -0.05) is 0 Å². The zero-order chi connectivity index (χ0) is 0. The molecule has 0 aromatic carbocycles. The van der Waals surface area contributed by atoms with Crippen molar-refractivity contribution in [3.63, 3.8) is 0 Å². The van der Waals surface area contributed by atoms with E-state index in [0.29, 0.717) is 0 Å². The molecule has 0 unspecified atom stereocenters. The third-order valence-electron chi connectivity index (χ3n) is 0. The van der Waals surface area contributed by atoms with Gasteiger partial charge in [0, 0.05) is 72.7 Å². The fourth-order valence-corrected chi connectivity index (χ4v) is 0. The molecule has 0 aliphatic carbocycles. The van der Waals surface area contributed by atoms with Crippen LogP contribution in [0.3, 0.4) is 0 Å². The van der Waals surface area contributed by atoms with Crippen LogP contribution in [0.1, 0.15) is 0 Å². The van der Waals surface area contributed by atoms with Gasteiger partial charge in [0.2, 0.25) is 0 Å². The Hall–Kier alpha value is 2.25. The smallest absolute Gasteiger partial charge is 0 e. The van der Waals surface area contributed by atoms with Crippen molar-refractivity contribution >= 4 is 33.3 Å². The topological polar surface area (TPSA) is 0 Å². The summed E-state index contributed by atoms with van der Waals surface area (Å²) in [5.74, 6) is 0. The predicted molar refractivity (Wildman–Crippen MR) is 13.3 cm³/mol. The standard InChI is InChI=1S/Ag.Cu.Ga.S. The SMILES string of the molecule is [Ag].[Cu].[Ga].[S]. The van der Waals surface area contributed by atoms with Crippen LogP contribution in [-0.4, -0.2) is 19.8 Å². The van der Waals surface area contributed by atoms with E-state index in [-0.39, 0.29) is 72.7 Å². The summed E-state index contributed by atoms with van der Waals surface area (Å²) in [5.41, 5.74) is 0. The first kappa shape index (κ1) is 34.1. The van der Waals surface area contributed by atoms with Gasteiger partial charge >= 0.3 is 0 Å². The van der Waals surface area contributed by atoms with Crippen LogP contribution in [0.2, 0.25) is 0 Å². The van der Waals surface area contributed by atoms with Gasteiger partial charge in [-0.25, -0.2) is 0 Å². The van der Waals surface area contributed by atoms with Crippen molar-refractivity contribution in [3.05, 3.63) is 0 Å². The Morgan fingerprint density at radius 2 is 1.00 bits per heavy atom. The van der Waals surface area contributed by atoms with Gasteiger partial charge in [0.15, 0.2) is 0 Å². The quantitative estimate of drug-likeness (QED) is 0.556. The number of hydrogen-bond donors (Lipinski definition) is 0. The van der Waals surface area contributed by atoms with E-state index in [9.17, 15) is 0 Å². The average molecular weight is 273 g/mol. The van der Waals surface area contributed by atoms with E-state index in [4.69, 9.17) is 0 Å². The van der Waals surface area contributed by atoms with Gasteiger partial charge in [-0.2, -0.15) is 0 Å². The first-order valence-corrected chi connectivity index (χ1v) is 0. The van der Waals surface area contributed by atoms with Crippen molar-refractivity contribution in [1.29, 1.82) is 0 Å². The Morgan fingerprint density at radius 1 is 1.00 bits per heavy atom. The number of hydrogen-bond acceptors (Lipinski definition) is 0. The summed E-state index contributed by atoms with van der Waals surface area (Å²) in [6.45, 7) is 0. The van der Waals surface area contributed by atoms with Crippen LogP contribution in [0.15, 0.2) is 0 Å². The molecule has 0 rings (SSSR count). The Kier molecular flexibility index (Phi) is 160. The maximum absolute atomic E-state index is 0. The third-order valence-corrected chi connectivity index (χ3v) is 0. The van der Waals surface area contributed by atoms with Crippen molar-refractivity contribution in [3.8, 4) is 0 Å². The van der Waals surface area contributed by atoms with E-state index < -0.39 is 0 Å². The molecule has 4 heteroatoms. The maximum atomic E-state index is 0. The second kappa shape index (κ2) is 18.7. The van der Waals surface area contributed by atoms with Crippen LogP contribution in [0.5, 0.6) is 0 Å². The van der Waals surface area contributed by atoms with Gasteiger partial charge < -0.3 is 0 Å². The summed E-state index contributed by atoms with van der Waals surface area (Å²) >= 11 is 0. The Bertz CT molecular complexity index is 8.00. The zero-order valence-corrected chi connectivity index (χ0v) is 7.25. The molecule has 4 heavy (non-hydrogen) atoms. The van der Waals surface area contributed by atoms with Gasteiger partial charge in [-0.3, -0.25) is 0 Å². The summed E-state index contributed by atoms with van der Waals surface area (Å²) in [4.78, 5) is 0. The molecule has 0 amide bonds. The Labute approximate surface area is 72.0 Å². The van der Waals surface area contributed by atoms with E-state index >= 15 is 0 Å². The van der Waals surface area contributed by atoms with E-state index in [0.717, 1.165) is 0 Å². The first-order valence-electron chi connectivity index (χ1n) is 0. The number of rotatable bonds is 0. The summed E-state index contributed by atoms with van der Waals surface area (Å²) < 4.78 is 0. The summed E-state index contributed by atoms with van der Waals surface area (Å²) in [5, 5.41) is 0. The van der Waals surface area contributed by atoms with Crippen LogP contribution in [0.4, 0.5) is 0 Å². The molecule has 0 spiro atoms. The summed E-state index contributed by atoms with van der Waals surface area (Å²) in [6.07, 6.45) is 0. The van der Waals surface area contributed by atoms with E-state index in [1.165, 1.54) is 0 Å². The molecule has 0 N–H and O–H groups in total. The minimum absolute atomic E-state index is 0. The van der Waals surface area contributed by atoms with Gasteiger partial charge in [0.25, 0.3) is 0 Å². The maximum Gasteiger partial charge on any atom is 0 e. The van der Waals surface area contributed by atoms with E-state index in [1.54, 1.807) is 0 Å². The Morgan fingerprint density at radius 3 is 1.00 bits per heavy atom. The molecule has 31 valence electrons. The van der Waals surface area contributed by atoms with Crippen LogP contribution in [-0.2, 0) is 39.4 Å². The van der Waals surface area contributed by atoms with Crippen molar-refractivity contribution in [2.24, 2.45) is 0 Å². The van der Waals surface area contributed by atoms with E-state index in [2.05, 4.69) is 0 Å². The molecular formula is AgCuGaS. The van der Waals surface area contributed by atoms with Crippen molar-refractivity contribution in [2.75, 3.05) is 0 Å². The molecule has 0 saturated heterocycles. The fourth-order valence-electron chi connectivity index (χ4n) is 0. The Balaban J connectivity index is 0. The van der Waals surface area contributed by atoms with Gasteiger partial charge in [-0.15, -0.1) is 0 Å². The van der Waals surface area contributed by atoms with Crippen LogP contribution in [0, 0.1) is 0 Å². The van der Waals surface area contributed by atoms with E-state index in [1.807, 2.05) is 0 Å². The molecule has 0 bridgehead atoms. The molecule has 0 nitrogen and oxygen atoms in total. The molecule has 0 fully saturated rings. The van der Waals surface area contributed by atoms with Crippen LogP contribution < -0.4 is 0 Å². The minimum atomic E-state index is 0. The van der Waals surface area contributed by atoms with Gasteiger partial charge in [0.05, 0.1) is 0 Å². The van der Waals surface area contributed by atoms with Crippen LogP contribution in [0.25, 0.3) is 0 Å². The van der Waals surface area contributed by atoms with Crippen molar-refractivity contribution in [2.45, 2.75) is 0 Å². The molecular weight excluding hydrogens is 273 g/mol. The van der Waals surface area contributed by atoms with Crippen molar-refractivity contribution < 1.29 is 39.4 Å².